The fourth-order valence-electron chi connectivity index (χ4n) is 2.88. The van der Waals surface area contributed by atoms with Gasteiger partial charge in [0.05, 0.1) is 19.1 Å². The SMILES string of the molecule is COC(=O)C(C)CN(C)C1CCN(c2c(F)cccc2F)C1=O. The number of benzene rings is 1. The Labute approximate surface area is 133 Å². The second-order valence-corrected chi connectivity index (χ2v) is 5.73. The van der Waals surface area contributed by atoms with E-state index in [4.69, 9.17) is 0 Å². The number of carbonyl (C=O) groups is 2. The number of anilines is 1. The third-order valence-corrected chi connectivity index (χ3v) is 4.08. The smallest absolute Gasteiger partial charge is 0.309 e. The summed E-state index contributed by atoms with van der Waals surface area (Å²) in [7, 11) is 3.02. The van der Waals surface area contributed by atoms with Crippen molar-refractivity contribution in [2.75, 3.05) is 32.1 Å². The highest BCUT2D eigenvalue weighted by molar-refractivity contribution is 5.99. The monoisotopic (exact) mass is 326 g/mol. The number of methoxy groups -OCH3 is 1. The van der Waals surface area contributed by atoms with E-state index in [9.17, 15) is 18.4 Å². The topological polar surface area (TPSA) is 49.9 Å². The number of nitrogens with zero attached hydrogens (tertiary/aromatic N) is 2. The fraction of sp³-hybridized carbons (Fsp3) is 0.500. The van der Waals surface area contributed by atoms with Crippen LogP contribution in [0.25, 0.3) is 0 Å². The van der Waals surface area contributed by atoms with Crippen LogP contribution in [0.3, 0.4) is 0 Å². The predicted molar refractivity (Wildman–Crippen MR) is 80.9 cm³/mol. The zero-order valence-electron chi connectivity index (χ0n) is 13.4. The molecule has 0 saturated carbocycles. The van der Waals surface area contributed by atoms with Gasteiger partial charge in [0.1, 0.15) is 17.3 Å². The number of ether oxygens (including phenoxy) is 1. The van der Waals surface area contributed by atoms with Crippen molar-refractivity contribution in [2.45, 2.75) is 19.4 Å². The average Bonchev–Trinajstić information content (AvgIpc) is 2.88. The lowest BCUT2D eigenvalue weighted by Crippen LogP contribution is -2.43. The van der Waals surface area contributed by atoms with E-state index in [1.165, 1.54) is 13.2 Å². The second kappa shape index (κ2) is 7.04. The third-order valence-electron chi connectivity index (χ3n) is 4.08. The van der Waals surface area contributed by atoms with Crippen molar-refractivity contribution < 1.29 is 23.1 Å². The molecule has 23 heavy (non-hydrogen) atoms. The molecule has 0 bridgehead atoms. The largest absolute Gasteiger partial charge is 0.469 e. The molecule has 1 fully saturated rings. The number of para-hydroxylation sites is 1. The van der Waals surface area contributed by atoms with Gasteiger partial charge in [-0.05, 0) is 25.6 Å². The van der Waals surface area contributed by atoms with E-state index in [2.05, 4.69) is 4.74 Å². The maximum atomic E-state index is 13.9. The normalized spacial score (nSPS) is 19.3. The van der Waals surface area contributed by atoms with Crippen LogP contribution >= 0.6 is 0 Å². The summed E-state index contributed by atoms with van der Waals surface area (Å²) in [6.07, 6.45) is 0.441. The maximum absolute atomic E-state index is 13.9. The lowest BCUT2D eigenvalue weighted by Gasteiger charge is -2.25. The highest BCUT2D eigenvalue weighted by Gasteiger charge is 2.38. The fourth-order valence-corrected chi connectivity index (χ4v) is 2.88. The Morgan fingerprint density at radius 3 is 2.61 bits per heavy atom. The molecule has 0 spiro atoms. The van der Waals surface area contributed by atoms with Crippen molar-refractivity contribution in [1.82, 2.24) is 4.90 Å². The maximum Gasteiger partial charge on any atom is 0.309 e. The molecular weight excluding hydrogens is 306 g/mol. The van der Waals surface area contributed by atoms with Crippen LogP contribution in [0.4, 0.5) is 14.5 Å². The molecule has 1 aromatic carbocycles. The molecule has 5 nitrogen and oxygen atoms in total. The average molecular weight is 326 g/mol. The first-order valence-electron chi connectivity index (χ1n) is 7.40. The number of hydrogen-bond acceptors (Lipinski definition) is 4. The molecule has 1 amide bonds. The van der Waals surface area contributed by atoms with Crippen LogP contribution in [0, 0.1) is 17.6 Å². The molecular formula is C16H20F2N2O3. The Morgan fingerprint density at radius 2 is 2.04 bits per heavy atom. The van der Waals surface area contributed by atoms with Gasteiger partial charge < -0.3 is 9.64 Å². The van der Waals surface area contributed by atoms with Gasteiger partial charge in [0.15, 0.2) is 0 Å². The zero-order chi connectivity index (χ0) is 17.1. The predicted octanol–water partition coefficient (Wildman–Crippen LogP) is 1.81. The van der Waals surface area contributed by atoms with Crippen LogP contribution in [0.15, 0.2) is 18.2 Å². The molecule has 1 aliphatic rings. The molecule has 0 radical (unpaired) electrons. The number of carbonyl (C=O) groups excluding carboxylic acids is 2. The van der Waals surface area contributed by atoms with Gasteiger partial charge in [-0.3, -0.25) is 14.5 Å². The Balaban J connectivity index is 2.11. The first kappa shape index (κ1) is 17.3. The second-order valence-electron chi connectivity index (χ2n) is 5.73. The van der Waals surface area contributed by atoms with Gasteiger partial charge in [-0.2, -0.15) is 0 Å². The van der Waals surface area contributed by atoms with Gasteiger partial charge in [-0.1, -0.05) is 13.0 Å². The number of rotatable bonds is 5. The van der Waals surface area contributed by atoms with Gasteiger partial charge >= 0.3 is 5.97 Å². The highest BCUT2D eigenvalue weighted by Crippen LogP contribution is 2.29. The number of esters is 1. The van der Waals surface area contributed by atoms with E-state index >= 15 is 0 Å². The van der Waals surface area contributed by atoms with Crippen molar-refractivity contribution in [3.63, 3.8) is 0 Å². The van der Waals surface area contributed by atoms with Crippen molar-refractivity contribution in [3.8, 4) is 0 Å². The Morgan fingerprint density at radius 1 is 1.43 bits per heavy atom. The standard InChI is InChI=1S/C16H20F2N2O3/c1-10(16(22)23-3)9-19(2)13-7-8-20(15(13)21)14-11(17)5-4-6-12(14)18/h4-6,10,13H,7-9H2,1-3H3. The van der Waals surface area contributed by atoms with E-state index in [0.29, 0.717) is 13.0 Å². The Kier molecular flexibility index (Phi) is 5.30. The van der Waals surface area contributed by atoms with Crippen LogP contribution in [0.1, 0.15) is 13.3 Å². The summed E-state index contributed by atoms with van der Waals surface area (Å²) in [6.45, 7) is 2.27. The Bertz CT molecular complexity index is 589. The van der Waals surface area contributed by atoms with E-state index in [1.54, 1.807) is 18.9 Å². The van der Waals surface area contributed by atoms with Gasteiger partial charge in [0.2, 0.25) is 5.91 Å². The lowest BCUT2D eigenvalue weighted by atomic mass is 10.1. The van der Waals surface area contributed by atoms with E-state index in [0.717, 1.165) is 17.0 Å². The minimum atomic E-state index is -0.760. The van der Waals surface area contributed by atoms with Crippen molar-refractivity contribution in [2.24, 2.45) is 5.92 Å². The molecule has 1 heterocycles. The minimum Gasteiger partial charge on any atom is -0.469 e. The number of amides is 1. The van der Waals surface area contributed by atoms with E-state index < -0.39 is 23.6 Å². The first-order valence-corrected chi connectivity index (χ1v) is 7.40. The van der Waals surface area contributed by atoms with Gasteiger partial charge in [0, 0.05) is 13.1 Å². The summed E-state index contributed by atoms with van der Waals surface area (Å²) in [5.41, 5.74) is -0.311. The molecule has 1 aliphatic heterocycles. The first-order chi connectivity index (χ1) is 10.9. The molecule has 1 aromatic rings. The molecule has 2 rings (SSSR count). The van der Waals surface area contributed by atoms with Gasteiger partial charge in [0.25, 0.3) is 0 Å². The van der Waals surface area contributed by atoms with Crippen molar-refractivity contribution in [1.29, 1.82) is 0 Å². The molecule has 126 valence electrons. The molecule has 0 aliphatic carbocycles. The molecule has 0 aromatic heterocycles. The summed E-state index contributed by atoms with van der Waals surface area (Å²) in [5, 5.41) is 0. The highest BCUT2D eigenvalue weighted by atomic mass is 19.1. The van der Waals surface area contributed by atoms with Crippen LogP contribution in [0.2, 0.25) is 0 Å². The molecule has 7 heteroatoms. The zero-order valence-corrected chi connectivity index (χ0v) is 13.4. The third kappa shape index (κ3) is 3.50. The molecule has 2 atom stereocenters. The van der Waals surface area contributed by atoms with Crippen LogP contribution in [-0.2, 0) is 14.3 Å². The summed E-state index contributed by atoms with van der Waals surface area (Å²) in [4.78, 5) is 26.8. The summed E-state index contributed by atoms with van der Waals surface area (Å²) in [6, 6.07) is 3.00. The minimum absolute atomic E-state index is 0.234. The van der Waals surface area contributed by atoms with Crippen molar-refractivity contribution >= 4 is 17.6 Å². The molecule has 1 saturated heterocycles. The quantitative estimate of drug-likeness (QED) is 0.775. The molecule has 0 N–H and O–H groups in total. The summed E-state index contributed by atoms with van der Waals surface area (Å²) >= 11 is 0. The number of hydrogen-bond donors (Lipinski definition) is 0. The van der Waals surface area contributed by atoms with E-state index in [-0.39, 0.29) is 24.1 Å². The summed E-state index contributed by atoms with van der Waals surface area (Å²) in [5.74, 6) is -2.64. The van der Waals surface area contributed by atoms with Crippen molar-refractivity contribution in [3.05, 3.63) is 29.8 Å². The van der Waals surface area contributed by atoms with Crippen LogP contribution < -0.4 is 4.90 Å². The number of likely N-dealkylation sites (N-methyl/N-ethyl adjacent to an activating group) is 1. The molecule has 2 unspecified atom stereocenters. The number of halogens is 2. The Hall–Kier alpha value is -2.02. The lowest BCUT2D eigenvalue weighted by molar-refractivity contribution is -0.145. The van der Waals surface area contributed by atoms with Gasteiger partial charge in [-0.15, -0.1) is 0 Å². The van der Waals surface area contributed by atoms with Crippen LogP contribution in [-0.4, -0.2) is 50.1 Å². The van der Waals surface area contributed by atoms with Gasteiger partial charge in [-0.25, -0.2) is 8.78 Å². The summed E-state index contributed by atoms with van der Waals surface area (Å²) < 4.78 is 32.4. The van der Waals surface area contributed by atoms with Crippen LogP contribution in [0.5, 0.6) is 0 Å². The van der Waals surface area contributed by atoms with E-state index in [1.807, 2.05) is 0 Å².